The molecule has 13 heteroatoms. The maximum absolute atomic E-state index is 14.1. The number of amides is 2. The van der Waals surface area contributed by atoms with Crippen molar-refractivity contribution in [3.05, 3.63) is 129 Å². The van der Waals surface area contributed by atoms with Gasteiger partial charge in [-0.05, 0) is 58.3 Å². The Balaban J connectivity index is 1.39. The quantitative estimate of drug-likeness (QED) is 0.0719. The summed E-state index contributed by atoms with van der Waals surface area (Å²) in [6.07, 6.45) is -0.275. The number of hydrogen-bond donors (Lipinski definition) is 0. The lowest BCUT2D eigenvalue weighted by molar-refractivity contribution is -0.172. The van der Waals surface area contributed by atoms with Crippen LogP contribution in [-0.4, -0.2) is 40.8 Å². The first-order valence-corrected chi connectivity index (χ1v) is 18.2. The zero-order chi connectivity index (χ0) is 39.9. The van der Waals surface area contributed by atoms with Crippen molar-refractivity contribution in [2.45, 2.75) is 39.2 Å². The third kappa shape index (κ3) is 5.43. The number of aryl methyl sites for hydroxylation is 1. The summed E-state index contributed by atoms with van der Waals surface area (Å²) in [6, 6.07) is 25.8. The Morgan fingerprint density at radius 2 is 1.26 bits per heavy atom. The second-order valence-corrected chi connectivity index (χ2v) is 14.2. The molecular weight excluding hydrogens is 754 g/mol. The van der Waals surface area contributed by atoms with Gasteiger partial charge in [0.1, 0.15) is 17.2 Å². The molecule has 3 aliphatic heterocycles. The Labute approximate surface area is 328 Å². The molecule has 0 radical (unpaired) electrons. The van der Waals surface area contributed by atoms with Crippen molar-refractivity contribution in [3.8, 4) is 34.1 Å². The van der Waals surface area contributed by atoms with Gasteiger partial charge < -0.3 is 23.8 Å². The van der Waals surface area contributed by atoms with Crippen LogP contribution in [0.2, 0.25) is 5.02 Å². The van der Waals surface area contributed by atoms with Crippen molar-refractivity contribution >= 4 is 68.8 Å². The van der Waals surface area contributed by atoms with Gasteiger partial charge in [-0.1, -0.05) is 66.2 Å². The van der Waals surface area contributed by atoms with Crippen LogP contribution in [0.4, 0.5) is 0 Å². The summed E-state index contributed by atoms with van der Waals surface area (Å²) < 4.78 is 24.2. The topological polar surface area (TPSA) is 152 Å². The van der Waals surface area contributed by atoms with Crippen LogP contribution in [0, 0.1) is 6.92 Å². The van der Waals surface area contributed by atoms with Gasteiger partial charge in [0.15, 0.2) is 11.4 Å². The number of esters is 3. The van der Waals surface area contributed by atoms with Gasteiger partial charge in [-0.15, -0.1) is 5.06 Å². The smallest absolute Gasteiger partial charge is 0.364 e. The van der Waals surface area contributed by atoms with E-state index in [-0.39, 0.29) is 68.7 Å². The largest absolute Gasteiger partial charge is 0.456 e. The van der Waals surface area contributed by atoms with Crippen molar-refractivity contribution in [2.75, 3.05) is 0 Å². The molecule has 3 heterocycles. The van der Waals surface area contributed by atoms with Crippen molar-refractivity contribution in [1.82, 2.24) is 5.06 Å². The Hall–Kier alpha value is -7.05. The Bertz CT molecular complexity index is 2790. The van der Waals surface area contributed by atoms with E-state index in [4.69, 9.17) is 35.4 Å². The Morgan fingerprint density at radius 1 is 0.702 bits per heavy atom. The SMILES string of the molecule is CC(=O)Oc1cc2c(cc1Cl)C1(OC(=O)c3cccc(C(=O)ON4C(=O)CCC4=O)c31)c1cc(-c3c4ccccc4c(C)c4ccccc34)c(OC(C)=O)cc1O2. The van der Waals surface area contributed by atoms with E-state index in [1.165, 1.54) is 50.2 Å². The molecule has 57 heavy (non-hydrogen) atoms. The third-order valence-corrected chi connectivity index (χ3v) is 10.6. The van der Waals surface area contributed by atoms with Gasteiger partial charge in [-0.3, -0.25) is 19.2 Å². The number of carbonyl (C=O) groups is 6. The molecule has 1 unspecified atom stereocenters. The molecule has 6 aromatic carbocycles. The highest BCUT2D eigenvalue weighted by Gasteiger charge is 2.56. The Morgan fingerprint density at radius 3 is 1.88 bits per heavy atom. The minimum absolute atomic E-state index is 0.00556. The van der Waals surface area contributed by atoms with Gasteiger partial charge in [0, 0.05) is 66.6 Å². The van der Waals surface area contributed by atoms with Crippen molar-refractivity contribution in [3.63, 3.8) is 0 Å². The molecule has 0 saturated carbocycles. The molecule has 282 valence electrons. The van der Waals surface area contributed by atoms with Crippen LogP contribution < -0.4 is 14.2 Å². The molecule has 3 aliphatic rings. The number of hydroxylamine groups is 2. The summed E-state index contributed by atoms with van der Waals surface area (Å²) in [5.74, 6) is -4.53. The number of ether oxygens (including phenoxy) is 4. The fourth-order valence-corrected chi connectivity index (χ4v) is 8.27. The molecule has 0 aromatic heterocycles. The molecule has 1 fully saturated rings. The zero-order valence-electron chi connectivity index (χ0n) is 30.4. The van der Waals surface area contributed by atoms with Gasteiger partial charge >= 0.3 is 23.9 Å². The van der Waals surface area contributed by atoms with Crippen LogP contribution in [0.25, 0.3) is 32.7 Å². The number of fused-ring (bicyclic) bond motifs is 8. The van der Waals surface area contributed by atoms with E-state index in [1.807, 2.05) is 55.5 Å². The zero-order valence-corrected chi connectivity index (χ0v) is 31.1. The molecule has 0 bridgehead atoms. The average molecular weight is 782 g/mol. The van der Waals surface area contributed by atoms with Gasteiger partial charge in [0.05, 0.1) is 16.1 Å². The van der Waals surface area contributed by atoms with Crippen molar-refractivity contribution in [1.29, 1.82) is 0 Å². The molecule has 0 aliphatic carbocycles. The van der Waals surface area contributed by atoms with E-state index < -0.39 is 41.3 Å². The summed E-state index contributed by atoms with van der Waals surface area (Å²) in [4.78, 5) is 83.6. The van der Waals surface area contributed by atoms with Gasteiger partial charge in [-0.25, -0.2) is 9.59 Å². The van der Waals surface area contributed by atoms with Crippen LogP contribution >= 0.6 is 11.6 Å². The molecule has 6 aromatic rings. The van der Waals surface area contributed by atoms with Crippen LogP contribution in [0.3, 0.4) is 0 Å². The van der Waals surface area contributed by atoms with E-state index >= 15 is 0 Å². The highest BCUT2D eigenvalue weighted by Crippen LogP contribution is 2.60. The fourth-order valence-electron chi connectivity index (χ4n) is 8.07. The molecule has 12 nitrogen and oxygen atoms in total. The first-order chi connectivity index (χ1) is 27.4. The van der Waals surface area contributed by atoms with Crippen LogP contribution in [0.5, 0.6) is 23.0 Å². The minimum Gasteiger partial charge on any atom is -0.456 e. The van der Waals surface area contributed by atoms with Gasteiger partial charge in [-0.2, -0.15) is 0 Å². The van der Waals surface area contributed by atoms with E-state index in [0.717, 1.165) is 27.1 Å². The second kappa shape index (κ2) is 13.0. The van der Waals surface area contributed by atoms with Crippen LogP contribution in [-0.2, 0) is 34.4 Å². The van der Waals surface area contributed by atoms with E-state index in [9.17, 15) is 28.8 Å². The number of hydrogen-bond acceptors (Lipinski definition) is 11. The summed E-state index contributed by atoms with van der Waals surface area (Å²) in [7, 11) is 0. The van der Waals surface area contributed by atoms with E-state index in [1.54, 1.807) is 6.07 Å². The van der Waals surface area contributed by atoms with Gasteiger partial charge in [0.2, 0.25) is 0 Å². The summed E-state index contributed by atoms with van der Waals surface area (Å²) >= 11 is 6.76. The average Bonchev–Trinajstić information content (AvgIpc) is 3.66. The first kappa shape index (κ1) is 35.6. The minimum atomic E-state index is -2.03. The number of imide groups is 1. The standard InChI is InChI=1S/C44H28ClNO11/c1-21-24-9-4-6-11-26(24)40(27-12-7-5-10-25(21)27)30-17-31-35(19-34(30)53-22(2)47)55-36-20-37(54-23(3)48)33(45)18-32(36)44(31)41-28(42(51)56-44)13-8-14-29(41)43(52)57-46-38(49)15-16-39(46)50/h4-14,17-20H,15-16H2,1-3H3. The molecule has 1 spiro atoms. The van der Waals surface area contributed by atoms with Crippen molar-refractivity contribution < 1.29 is 52.6 Å². The first-order valence-electron chi connectivity index (χ1n) is 17.8. The van der Waals surface area contributed by atoms with E-state index in [0.29, 0.717) is 16.2 Å². The highest BCUT2D eigenvalue weighted by atomic mass is 35.5. The fraction of sp³-hybridized carbons (Fsp3) is 0.136. The summed E-state index contributed by atoms with van der Waals surface area (Å²) in [5, 5.41) is 3.89. The van der Waals surface area contributed by atoms with Crippen molar-refractivity contribution in [2.24, 2.45) is 0 Å². The second-order valence-electron chi connectivity index (χ2n) is 13.8. The third-order valence-electron chi connectivity index (χ3n) is 10.4. The predicted molar refractivity (Wildman–Crippen MR) is 204 cm³/mol. The molecule has 2 amide bonds. The Kier molecular flexibility index (Phi) is 8.14. The number of rotatable bonds is 5. The van der Waals surface area contributed by atoms with Crippen LogP contribution in [0.15, 0.2) is 91.0 Å². The molecule has 0 N–H and O–H groups in total. The molecular formula is C44H28ClNO11. The normalized spacial score (nSPS) is 16.6. The lowest BCUT2D eigenvalue weighted by Crippen LogP contribution is -2.36. The maximum Gasteiger partial charge on any atom is 0.364 e. The molecule has 1 atom stereocenters. The number of nitrogens with zero attached hydrogens (tertiary/aromatic N) is 1. The van der Waals surface area contributed by atoms with Gasteiger partial charge in [0.25, 0.3) is 11.8 Å². The molecule has 1 saturated heterocycles. The summed E-state index contributed by atoms with van der Waals surface area (Å²) in [5.41, 5.74) is 0.226. The highest BCUT2D eigenvalue weighted by molar-refractivity contribution is 6.32. The number of halogens is 1. The van der Waals surface area contributed by atoms with E-state index in [2.05, 4.69) is 0 Å². The lowest BCUT2D eigenvalue weighted by atomic mass is 9.74. The monoisotopic (exact) mass is 781 g/mol. The number of benzene rings is 6. The number of carbonyl (C=O) groups excluding carboxylic acids is 6. The summed E-state index contributed by atoms with van der Waals surface area (Å²) in [6.45, 7) is 4.49. The predicted octanol–water partition coefficient (Wildman–Crippen LogP) is 8.26. The lowest BCUT2D eigenvalue weighted by Gasteiger charge is -2.38. The maximum atomic E-state index is 14.1. The molecule has 9 rings (SSSR count). The van der Waals surface area contributed by atoms with Crippen LogP contribution in [0.1, 0.15) is 69.7 Å².